The molecule has 0 amide bonds. The molecule has 34 heavy (non-hydrogen) atoms. The van der Waals surface area contributed by atoms with E-state index >= 15 is 0 Å². The van der Waals surface area contributed by atoms with Crippen LogP contribution in [0.15, 0.2) is 55.0 Å². The fourth-order valence-corrected chi connectivity index (χ4v) is 4.50. The number of hydrogen-bond donors (Lipinski definition) is 1. The number of hydrogen-bond acceptors (Lipinski definition) is 6. The molecule has 3 aromatic heterocycles. The zero-order valence-electron chi connectivity index (χ0n) is 19.5. The maximum Gasteiger partial charge on any atom is 0.339 e. The van der Waals surface area contributed by atoms with E-state index in [9.17, 15) is 4.79 Å². The second kappa shape index (κ2) is 10.1. The van der Waals surface area contributed by atoms with E-state index in [-0.39, 0.29) is 5.97 Å². The van der Waals surface area contributed by atoms with Gasteiger partial charge in [0.1, 0.15) is 0 Å². The van der Waals surface area contributed by atoms with Crippen LogP contribution in [0.2, 0.25) is 0 Å². The van der Waals surface area contributed by atoms with E-state index in [4.69, 9.17) is 4.74 Å². The number of esters is 1. The zero-order valence-corrected chi connectivity index (χ0v) is 19.5. The van der Waals surface area contributed by atoms with Gasteiger partial charge >= 0.3 is 5.97 Å². The normalized spacial score (nSPS) is 14.4. The minimum absolute atomic E-state index is 0.331. The first-order valence-corrected chi connectivity index (χ1v) is 11.9. The minimum atomic E-state index is -0.331. The second-order valence-corrected chi connectivity index (χ2v) is 8.81. The summed E-state index contributed by atoms with van der Waals surface area (Å²) in [5.74, 6) is -0.331. The number of benzene rings is 1. The van der Waals surface area contributed by atoms with Gasteiger partial charge in [0.2, 0.25) is 0 Å². The van der Waals surface area contributed by atoms with Crippen LogP contribution < -0.4 is 0 Å². The lowest BCUT2D eigenvalue weighted by molar-refractivity contribution is 0.0485. The highest BCUT2D eigenvalue weighted by Gasteiger charge is 2.15. The Hall–Kier alpha value is -3.58. The second-order valence-electron chi connectivity index (χ2n) is 8.81. The molecule has 0 bridgehead atoms. The quantitative estimate of drug-likeness (QED) is 0.311. The number of likely N-dealkylation sites (tertiary alicyclic amines) is 1. The molecule has 4 aromatic rings. The zero-order chi connectivity index (χ0) is 23.3. The van der Waals surface area contributed by atoms with Crippen molar-refractivity contribution in [1.29, 1.82) is 0 Å². The topological polar surface area (TPSA) is 84.0 Å². The molecule has 4 heterocycles. The summed E-state index contributed by atoms with van der Waals surface area (Å²) >= 11 is 0. The van der Waals surface area contributed by atoms with E-state index in [0.717, 1.165) is 65.3 Å². The molecule has 1 aromatic carbocycles. The maximum absolute atomic E-state index is 12.6. The first kappa shape index (κ1) is 22.2. The van der Waals surface area contributed by atoms with Crippen molar-refractivity contribution in [3.63, 3.8) is 0 Å². The van der Waals surface area contributed by atoms with Crippen molar-refractivity contribution >= 4 is 16.9 Å². The Bertz CT molecular complexity index is 1290. The molecule has 0 radical (unpaired) electrons. The molecule has 1 saturated heterocycles. The average Bonchev–Trinajstić information content (AvgIpc) is 3.37. The summed E-state index contributed by atoms with van der Waals surface area (Å²) in [6.07, 6.45) is 7.98. The summed E-state index contributed by atoms with van der Waals surface area (Å²) in [7, 11) is 0. The van der Waals surface area contributed by atoms with Crippen LogP contribution in [0, 0.1) is 6.92 Å². The lowest BCUT2D eigenvalue weighted by Gasteiger charge is -2.26. The van der Waals surface area contributed by atoms with Gasteiger partial charge in [0.15, 0.2) is 0 Å². The van der Waals surface area contributed by atoms with Crippen LogP contribution in [0.4, 0.5) is 0 Å². The third-order valence-corrected chi connectivity index (χ3v) is 6.27. The summed E-state index contributed by atoms with van der Waals surface area (Å²) in [6, 6.07) is 13.7. The molecule has 1 N–H and O–H groups in total. The van der Waals surface area contributed by atoms with Crippen molar-refractivity contribution in [2.24, 2.45) is 0 Å². The van der Waals surface area contributed by atoms with E-state index < -0.39 is 0 Å². The number of carbonyl (C=O) groups excluding carboxylic acids is 1. The number of aromatic nitrogens is 4. The Morgan fingerprint density at radius 2 is 1.97 bits per heavy atom. The van der Waals surface area contributed by atoms with Crippen molar-refractivity contribution in [3.8, 4) is 22.6 Å². The number of nitrogens with one attached hydrogen (secondary N) is 1. The lowest BCUT2D eigenvalue weighted by Crippen LogP contribution is -2.31. The first-order valence-electron chi connectivity index (χ1n) is 11.9. The van der Waals surface area contributed by atoms with Crippen LogP contribution in [0.1, 0.15) is 41.7 Å². The van der Waals surface area contributed by atoms with Crippen molar-refractivity contribution in [2.75, 3.05) is 26.2 Å². The molecular formula is C27H29N5O2. The molecular weight excluding hydrogens is 426 g/mol. The van der Waals surface area contributed by atoms with Gasteiger partial charge in [-0.2, -0.15) is 0 Å². The number of piperidine rings is 1. The number of H-pyrrole nitrogens is 1. The summed E-state index contributed by atoms with van der Waals surface area (Å²) in [4.78, 5) is 31.9. The number of imidazole rings is 1. The van der Waals surface area contributed by atoms with Gasteiger partial charge in [0, 0.05) is 29.4 Å². The summed E-state index contributed by atoms with van der Waals surface area (Å²) in [6.45, 7) is 5.68. The Kier molecular flexibility index (Phi) is 6.62. The molecule has 174 valence electrons. The van der Waals surface area contributed by atoms with Crippen LogP contribution in [0.25, 0.3) is 33.5 Å². The largest absolute Gasteiger partial charge is 0.462 e. The number of carbonyl (C=O) groups is 1. The Morgan fingerprint density at radius 1 is 1.09 bits per heavy atom. The Balaban J connectivity index is 1.30. The molecule has 7 nitrogen and oxygen atoms in total. The van der Waals surface area contributed by atoms with Crippen LogP contribution in [0.3, 0.4) is 0 Å². The van der Waals surface area contributed by atoms with E-state index in [1.54, 1.807) is 12.5 Å². The Morgan fingerprint density at radius 3 is 2.82 bits per heavy atom. The molecule has 7 heteroatoms. The van der Waals surface area contributed by atoms with Gasteiger partial charge in [-0.05, 0) is 69.6 Å². The smallest absolute Gasteiger partial charge is 0.339 e. The monoisotopic (exact) mass is 455 g/mol. The van der Waals surface area contributed by atoms with Gasteiger partial charge in [-0.3, -0.25) is 9.97 Å². The van der Waals surface area contributed by atoms with E-state index in [2.05, 4.69) is 24.8 Å². The SMILES string of the molecule is Cc1cccc(-c2[nH]cnc2-c2ccc3ncc(C(=O)OCCCN4CCCCC4)cc3c2)n1. The fraction of sp³-hybridized carbons (Fsp3) is 0.333. The molecule has 0 saturated carbocycles. The van der Waals surface area contributed by atoms with Gasteiger partial charge in [0.25, 0.3) is 0 Å². The molecule has 5 rings (SSSR count). The highest BCUT2D eigenvalue weighted by Crippen LogP contribution is 2.30. The van der Waals surface area contributed by atoms with Crippen molar-refractivity contribution < 1.29 is 9.53 Å². The standard InChI is InChI=1S/C27H29N5O2/c1-19-7-5-8-24(31-19)26-25(29-18-30-26)20-9-10-23-21(15-20)16-22(17-28-23)27(33)34-14-6-13-32-11-3-2-4-12-32/h5,7-10,15-18H,2-4,6,11-14H2,1H3,(H,29,30). The van der Waals surface area contributed by atoms with Gasteiger partial charge in [0.05, 0.1) is 41.1 Å². The van der Waals surface area contributed by atoms with E-state index in [1.807, 2.05) is 49.4 Å². The predicted octanol–water partition coefficient (Wildman–Crippen LogP) is 5.03. The van der Waals surface area contributed by atoms with Crippen LogP contribution >= 0.6 is 0 Å². The number of aromatic amines is 1. The number of ether oxygens (including phenoxy) is 1. The summed E-state index contributed by atoms with van der Waals surface area (Å²) < 4.78 is 5.53. The summed E-state index contributed by atoms with van der Waals surface area (Å²) in [5, 5.41) is 0.867. The van der Waals surface area contributed by atoms with Gasteiger partial charge in [-0.25, -0.2) is 9.78 Å². The van der Waals surface area contributed by atoms with Crippen molar-refractivity contribution in [2.45, 2.75) is 32.6 Å². The number of aryl methyl sites for hydroxylation is 1. The first-order chi connectivity index (χ1) is 16.7. The number of rotatable bonds is 7. The molecule has 1 fully saturated rings. The average molecular weight is 456 g/mol. The molecule has 0 unspecified atom stereocenters. The maximum atomic E-state index is 12.6. The van der Waals surface area contributed by atoms with Crippen LogP contribution in [-0.2, 0) is 4.74 Å². The van der Waals surface area contributed by atoms with Gasteiger partial charge in [-0.1, -0.05) is 18.6 Å². The molecule has 1 aliphatic rings. The van der Waals surface area contributed by atoms with Gasteiger partial charge in [-0.15, -0.1) is 0 Å². The lowest BCUT2D eigenvalue weighted by atomic mass is 10.0. The fourth-order valence-electron chi connectivity index (χ4n) is 4.50. The van der Waals surface area contributed by atoms with Crippen LogP contribution in [0.5, 0.6) is 0 Å². The van der Waals surface area contributed by atoms with Crippen molar-refractivity contribution in [1.82, 2.24) is 24.8 Å². The Labute approximate surface area is 199 Å². The van der Waals surface area contributed by atoms with Gasteiger partial charge < -0.3 is 14.6 Å². The predicted molar refractivity (Wildman–Crippen MR) is 132 cm³/mol. The number of fused-ring (bicyclic) bond motifs is 1. The molecule has 0 atom stereocenters. The van der Waals surface area contributed by atoms with E-state index in [1.165, 1.54) is 19.3 Å². The third kappa shape index (κ3) is 4.99. The minimum Gasteiger partial charge on any atom is -0.462 e. The highest BCUT2D eigenvalue weighted by atomic mass is 16.5. The number of pyridine rings is 2. The molecule has 0 aliphatic carbocycles. The highest BCUT2D eigenvalue weighted by molar-refractivity contribution is 5.95. The molecule has 1 aliphatic heterocycles. The van der Waals surface area contributed by atoms with Crippen molar-refractivity contribution in [3.05, 3.63) is 66.2 Å². The third-order valence-electron chi connectivity index (χ3n) is 6.27. The van der Waals surface area contributed by atoms with E-state index in [0.29, 0.717) is 12.2 Å². The summed E-state index contributed by atoms with van der Waals surface area (Å²) in [5.41, 5.74) is 5.67. The molecule has 0 spiro atoms. The number of nitrogens with zero attached hydrogens (tertiary/aromatic N) is 4. The van der Waals surface area contributed by atoms with Crippen LogP contribution in [-0.4, -0.2) is 57.0 Å².